The Kier molecular flexibility index (Phi) is 4.67. The second-order valence-corrected chi connectivity index (χ2v) is 9.35. The molecule has 1 aliphatic carbocycles. The van der Waals surface area contributed by atoms with Crippen molar-refractivity contribution in [1.82, 2.24) is 19.5 Å². The zero-order chi connectivity index (χ0) is 22.0. The number of aromatic nitrogens is 4. The van der Waals surface area contributed by atoms with Crippen molar-refractivity contribution in [2.75, 3.05) is 24.6 Å². The average Bonchev–Trinajstić information content (AvgIpc) is 3.32. The molecule has 3 aliphatic rings. The molecule has 1 spiro atoms. The molecular weight excluding hydrogens is 434 g/mol. The quantitative estimate of drug-likeness (QED) is 0.502. The van der Waals surface area contributed by atoms with Gasteiger partial charge in [-0.3, -0.25) is 4.57 Å². The predicted molar refractivity (Wildman–Crippen MR) is 117 cm³/mol. The van der Waals surface area contributed by atoms with E-state index in [-0.39, 0.29) is 10.7 Å². The zero-order valence-electron chi connectivity index (χ0n) is 17.3. The molecule has 2 saturated heterocycles. The SMILES string of the molecule is OC[C@H]1O[C@@H](n2cnc3c(N4CC5(CCCc6ccccc65)C4)nc(Cl)nc32)C(O)C1O. The Morgan fingerprint density at radius 3 is 2.75 bits per heavy atom. The normalized spacial score (nSPS) is 28.8. The molecule has 0 radical (unpaired) electrons. The molecule has 4 atom stereocenters. The highest BCUT2D eigenvalue weighted by atomic mass is 35.5. The molecule has 2 aliphatic heterocycles. The number of halogens is 1. The topological polar surface area (TPSA) is 117 Å². The molecular formula is C22H24ClN5O4. The van der Waals surface area contributed by atoms with E-state index in [1.807, 2.05) is 0 Å². The summed E-state index contributed by atoms with van der Waals surface area (Å²) in [6, 6.07) is 8.68. The van der Waals surface area contributed by atoms with Gasteiger partial charge in [0.2, 0.25) is 5.28 Å². The molecule has 1 aromatic carbocycles. The van der Waals surface area contributed by atoms with Crippen molar-refractivity contribution in [2.45, 2.75) is 49.2 Å². The average molecular weight is 458 g/mol. The van der Waals surface area contributed by atoms with Crippen LogP contribution >= 0.6 is 11.6 Å². The molecule has 2 fully saturated rings. The van der Waals surface area contributed by atoms with Gasteiger partial charge in [0.1, 0.15) is 18.3 Å². The van der Waals surface area contributed by atoms with E-state index in [0.29, 0.717) is 17.0 Å². The number of hydrogen-bond acceptors (Lipinski definition) is 8. The van der Waals surface area contributed by atoms with Gasteiger partial charge in [0.15, 0.2) is 23.2 Å². The van der Waals surface area contributed by atoms with Gasteiger partial charge < -0.3 is 25.0 Å². The first-order chi connectivity index (χ1) is 15.5. The molecule has 0 saturated carbocycles. The standard InChI is InChI=1S/C22H24ClN5O4/c23-21-25-18(27-9-22(10-27)7-3-5-12-4-1-2-6-13(12)22)15-19(26-21)28(11-24-15)20-17(31)16(30)14(8-29)32-20/h1-2,4,6,11,14,16-17,20,29-31H,3,5,7-10H2/t14-,16?,17?,20-/m1/s1. The number of imidazole rings is 1. The summed E-state index contributed by atoms with van der Waals surface area (Å²) in [5.41, 5.74) is 3.95. The van der Waals surface area contributed by atoms with Crippen LogP contribution in [0.2, 0.25) is 5.28 Å². The lowest BCUT2D eigenvalue weighted by Crippen LogP contribution is -2.61. The molecule has 10 heteroatoms. The summed E-state index contributed by atoms with van der Waals surface area (Å²) < 4.78 is 7.20. The van der Waals surface area contributed by atoms with E-state index in [4.69, 9.17) is 16.3 Å². The number of hydrogen-bond donors (Lipinski definition) is 3. The van der Waals surface area contributed by atoms with Gasteiger partial charge in [-0.15, -0.1) is 0 Å². The predicted octanol–water partition coefficient (Wildman–Crippen LogP) is 1.19. The van der Waals surface area contributed by atoms with Gasteiger partial charge >= 0.3 is 0 Å². The van der Waals surface area contributed by atoms with Gasteiger partial charge in [0.05, 0.1) is 12.9 Å². The van der Waals surface area contributed by atoms with Crippen LogP contribution in [0, 0.1) is 0 Å². The molecule has 0 amide bonds. The van der Waals surface area contributed by atoms with Gasteiger partial charge in [0, 0.05) is 18.5 Å². The smallest absolute Gasteiger partial charge is 0.226 e. The Morgan fingerprint density at radius 1 is 1.16 bits per heavy atom. The van der Waals surface area contributed by atoms with Crippen molar-refractivity contribution in [3.05, 3.63) is 47.0 Å². The maximum Gasteiger partial charge on any atom is 0.226 e. The van der Waals surface area contributed by atoms with Crippen molar-refractivity contribution >= 4 is 28.6 Å². The Labute approximate surface area is 189 Å². The summed E-state index contributed by atoms with van der Waals surface area (Å²) in [6.07, 6.45) is 0.684. The van der Waals surface area contributed by atoms with E-state index in [9.17, 15) is 15.3 Å². The minimum atomic E-state index is -1.23. The molecule has 2 aromatic heterocycles. The van der Waals surface area contributed by atoms with Crippen LogP contribution in [0.25, 0.3) is 11.2 Å². The molecule has 6 rings (SSSR count). The van der Waals surface area contributed by atoms with E-state index >= 15 is 0 Å². The highest BCUT2D eigenvalue weighted by Gasteiger charge is 2.48. The summed E-state index contributed by atoms with van der Waals surface area (Å²) in [6.45, 7) is 1.25. The van der Waals surface area contributed by atoms with Crippen LogP contribution in [-0.2, 0) is 16.6 Å². The fourth-order valence-corrected chi connectivity index (χ4v) is 5.72. The molecule has 3 N–H and O–H groups in total. The Balaban J connectivity index is 1.34. The minimum Gasteiger partial charge on any atom is -0.394 e. The second-order valence-electron chi connectivity index (χ2n) is 9.02. The van der Waals surface area contributed by atoms with Gasteiger partial charge in [-0.1, -0.05) is 24.3 Å². The van der Waals surface area contributed by atoms with Gasteiger partial charge in [-0.25, -0.2) is 4.98 Å². The number of benzene rings is 1. The summed E-state index contributed by atoms with van der Waals surface area (Å²) in [5, 5.41) is 30.0. The molecule has 32 heavy (non-hydrogen) atoms. The highest BCUT2D eigenvalue weighted by molar-refractivity contribution is 6.28. The van der Waals surface area contributed by atoms with Crippen molar-refractivity contribution in [3.63, 3.8) is 0 Å². The monoisotopic (exact) mass is 457 g/mol. The number of aliphatic hydroxyl groups is 3. The number of rotatable bonds is 3. The lowest BCUT2D eigenvalue weighted by Gasteiger charge is -2.53. The first kappa shape index (κ1) is 20.3. The van der Waals surface area contributed by atoms with E-state index in [1.54, 1.807) is 4.57 Å². The van der Waals surface area contributed by atoms with Gasteiger partial charge in [0.25, 0.3) is 0 Å². The maximum atomic E-state index is 10.4. The van der Waals surface area contributed by atoms with Crippen LogP contribution in [0.5, 0.6) is 0 Å². The lowest BCUT2D eigenvalue weighted by molar-refractivity contribution is -0.0511. The van der Waals surface area contributed by atoms with Crippen LogP contribution in [-0.4, -0.2) is 72.8 Å². The van der Waals surface area contributed by atoms with Crippen molar-refractivity contribution < 1.29 is 20.1 Å². The molecule has 168 valence electrons. The van der Waals surface area contributed by atoms with Crippen LogP contribution in [0.1, 0.15) is 30.2 Å². The van der Waals surface area contributed by atoms with Crippen molar-refractivity contribution in [1.29, 1.82) is 0 Å². The van der Waals surface area contributed by atoms with E-state index < -0.39 is 31.1 Å². The third-order valence-electron chi connectivity index (χ3n) is 7.14. The third-order valence-corrected chi connectivity index (χ3v) is 7.31. The van der Waals surface area contributed by atoms with E-state index in [1.165, 1.54) is 23.9 Å². The van der Waals surface area contributed by atoms with Gasteiger partial charge in [-0.05, 0) is 42.0 Å². The number of aryl methyl sites for hydroxylation is 1. The first-order valence-electron chi connectivity index (χ1n) is 10.9. The number of aliphatic hydroxyl groups excluding tert-OH is 3. The fourth-order valence-electron chi connectivity index (χ4n) is 5.56. The summed E-state index contributed by atoms with van der Waals surface area (Å²) in [7, 11) is 0. The Bertz CT molecular complexity index is 1180. The molecule has 9 nitrogen and oxygen atoms in total. The number of nitrogens with zero attached hydrogens (tertiary/aromatic N) is 5. The second kappa shape index (κ2) is 7.36. The highest BCUT2D eigenvalue weighted by Crippen LogP contribution is 2.46. The minimum absolute atomic E-state index is 0.0750. The molecule has 3 aromatic rings. The largest absolute Gasteiger partial charge is 0.394 e. The Hall–Kier alpha value is -2.30. The maximum absolute atomic E-state index is 10.4. The molecule has 2 unspecified atom stereocenters. The lowest BCUT2D eigenvalue weighted by atomic mass is 9.65. The number of ether oxygens (including phenoxy) is 1. The van der Waals surface area contributed by atoms with Crippen LogP contribution in [0.4, 0.5) is 5.82 Å². The van der Waals surface area contributed by atoms with Crippen molar-refractivity contribution in [3.8, 4) is 0 Å². The summed E-state index contributed by atoms with van der Waals surface area (Å²) in [4.78, 5) is 15.5. The summed E-state index contributed by atoms with van der Waals surface area (Å²) >= 11 is 6.28. The molecule has 4 heterocycles. The van der Waals surface area contributed by atoms with Crippen LogP contribution in [0.15, 0.2) is 30.6 Å². The molecule has 0 bridgehead atoms. The van der Waals surface area contributed by atoms with E-state index in [2.05, 4.69) is 44.1 Å². The van der Waals surface area contributed by atoms with Crippen molar-refractivity contribution in [2.24, 2.45) is 0 Å². The summed E-state index contributed by atoms with van der Waals surface area (Å²) in [5.74, 6) is 0.652. The van der Waals surface area contributed by atoms with Crippen LogP contribution < -0.4 is 4.90 Å². The first-order valence-corrected chi connectivity index (χ1v) is 11.2. The Morgan fingerprint density at radius 2 is 1.97 bits per heavy atom. The number of anilines is 1. The number of fused-ring (bicyclic) bond motifs is 3. The fraction of sp³-hybridized carbons (Fsp3) is 0.500. The zero-order valence-corrected chi connectivity index (χ0v) is 18.1. The van der Waals surface area contributed by atoms with E-state index in [0.717, 1.165) is 25.9 Å². The van der Waals surface area contributed by atoms with Gasteiger partial charge in [-0.2, -0.15) is 9.97 Å². The third kappa shape index (κ3) is 2.89. The van der Waals surface area contributed by atoms with Crippen LogP contribution in [0.3, 0.4) is 0 Å².